The molecule has 8 nitrogen and oxygen atoms in total. The van der Waals surface area contributed by atoms with Gasteiger partial charge in [0.2, 0.25) is 0 Å². The summed E-state index contributed by atoms with van der Waals surface area (Å²) in [6, 6.07) is 0. The molecule has 0 heterocycles. The molecule has 0 aliphatic rings. The smallest absolute Gasteiger partial charge is 0.407 e. The van der Waals surface area contributed by atoms with Gasteiger partial charge in [-0.25, -0.2) is 9.59 Å². The van der Waals surface area contributed by atoms with Crippen LogP contribution in [-0.4, -0.2) is 57.5 Å². The molecule has 2 amide bonds. The van der Waals surface area contributed by atoms with E-state index in [2.05, 4.69) is 10.6 Å². The minimum absolute atomic E-state index is 0. The average molecular weight is 336 g/mol. The molecular formula is C15H32N2O6. The summed E-state index contributed by atoms with van der Waals surface area (Å²) in [7, 11) is 1.45. The van der Waals surface area contributed by atoms with Crippen molar-refractivity contribution < 1.29 is 28.6 Å². The van der Waals surface area contributed by atoms with Gasteiger partial charge in [0, 0.05) is 26.6 Å². The number of ketones is 1. The average Bonchev–Trinajstić information content (AvgIpc) is 2.48. The number of alkyl carbamates (subject to hydrolysis) is 2. The lowest BCUT2D eigenvalue weighted by molar-refractivity contribution is -0.116. The maximum Gasteiger partial charge on any atom is 0.407 e. The van der Waals surface area contributed by atoms with Crippen molar-refractivity contribution in [2.24, 2.45) is 0 Å². The summed E-state index contributed by atoms with van der Waals surface area (Å²) in [5, 5.41) is 4.95. The van der Waals surface area contributed by atoms with E-state index in [0.29, 0.717) is 19.5 Å². The van der Waals surface area contributed by atoms with Crippen LogP contribution in [0.5, 0.6) is 0 Å². The van der Waals surface area contributed by atoms with Crippen molar-refractivity contribution in [2.75, 3.05) is 33.4 Å². The quantitative estimate of drug-likeness (QED) is 0.704. The van der Waals surface area contributed by atoms with Crippen LogP contribution in [0.3, 0.4) is 0 Å². The van der Waals surface area contributed by atoms with Gasteiger partial charge in [0.1, 0.15) is 25.1 Å². The number of hydrogen-bond acceptors (Lipinski definition) is 6. The number of methoxy groups -OCH3 is 1. The highest BCUT2D eigenvalue weighted by atomic mass is 16.6. The van der Waals surface area contributed by atoms with Gasteiger partial charge in [-0.05, 0) is 20.8 Å². The fourth-order valence-corrected chi connectivity index (χ4v) is 0.912. The Hall–Kier alpha value is -1.83. The molecule has 0 rings (SSSR count). The summed E-state index contributed by atoms with van der Waals surface area (Å²) in [6.07, 6.45) is -0.847. The Bertz CT molecular complexity index is 301. The SMILES string of the molecule is C.CCC(C)=O.CCNC(=O)OCC(COC(=O)NCC)OC. The number of rotatable bonds is 8. The summed E-state index contributed by atoms with van der Waals surface area (Å²) < 4.78 is 14.7. The van der Waals surface area contributed by atoms with Crippen LogP contribution in [0.4, 0.5) is 9.59 Å². The second-order valence-electron chi connectivity index (χ2n) is 4.17. The third kappa shape index (κ3) is 20.2. The standard InChI is InChI=1S/C10H20N2O5.C4H8O.CH4/c1-4-11-9(13)16-6-8(15-3)7-17-10(14)12-5-2;1-3-4(2)5;/h8H,4-7H2,1-3H3,(H,11,13)(H,12,14);3H2,1-2H3;1H4. The highest BCUT2D eigenvalue weighted by Gasteiger charge is 2.13. The number of carbonyl (C=O) groups is 3. The van der Waals surface area contributed by atoms with Crippen molar-refractivity contribution in [1.82, 2.24) is 10.6 Å². The number of hydrogen-bond donors (Lipinski definition) is 2. The fourth-order valence-electron chi connectivity index (χ4n) is 0.912. The fraction of sp³-hybridized carbons (Fsp3) is 0.800. The Morgan fingerprint density at radius 3 is 1.48 bits per heavy atom. The molecule has 0 aromatic carbocycles. The Morgan fingerprint density at radius 1 is 0.913 bits per heavy atom. The van der Waals surface area contributed by atoms with Crippen LogP contribution in [0.2, 0.25) is 0 Å². The summed E-state index contributed by atoms with van der Waals surface area (Å²) >= 11 is 0. The molecular weight excluding hydrogens is 304 g/mol. The summed E-state index contributed by atoms with van der Waals surface area (Å²) in [4.78, 5) is 31.8. The third-order valence-electron chi connectivity index (χ3n) is 2.27. The zero-order valence-electron chi connectivity index (χ0n) is 14.1. The van der Waals surface area contributed by atoms with Gasteiger partial charge in [0.15, 0.2) is 0 Å². The molecule has 0 fully saturated rings. The lowest BCUT2D eigenvalue weighted by Gasteiger charge is -2.15. The highest BCUT2D eigenvalue weighted by Crippen LogP contribution is 1.94. The molecule has 0 atom stereocenters. The van der Waals surface area contributed by atoms with Crippen molar-refractivity contribution in [3.63, 3.8) is 0 Å². The summed E-state index contributed by atoms with van der Waals surface area (Å²) in [5.41, 5.74) is 0. The first-order valence-corrected chi connectivity index (χ1v) is 7.24. The van der Waals surface area contributed by atoms with Crippen molar-refractivity contribution in [3.8, 4) is 0 Å². The van der Waals surface area contributed by atoms with E-state index in [4.69, 9.17) is 14.2 Å². The minimum Gasteiger partial charge on any atom is -0.447 e. The van der Waals surface area contributed by atoms with Gasteiger partial charge in [-0.1, -0.05) is 14.4 Å². The van der Waals surface area contributed by atoms with Gasteiger partial charge in [-0.3, -0.25) is 0 Å². The van der Waals surface area contributed by atoms with Gasteiger partial charge in [0.25, 0.3) is 0 Å². The van der Waals surface area contributed by atoms with E-state index in [1.54, 1.807) is 20.8 Å². The maximum atomic E-state index is 11.0. The topological polar surface area (TPSA) is 103 Å². The Balaban J connectivity index is -0.000000578. The molecule has 0 aromatic rings. The van der Waals surface area contributed by atoms with Crippen molar-refractivity contribution >= 4 is 18.0 Å². The first kappa shape index (κ1) is 26.1. The maximum absolute atomic E-state index is 11.0. The molecule has 0 saturated heterocycles. The largest absolute Gasteiger partial charge is 0.447 e. The van der Waals surface area contributed by atoms with Crippen molar-refractivity contribution in [2.45, 2.75) is 47.6 Å². The Morgan fingerprint density at radius 2 is 1.26 bits per heavy atom. The molecule has 0 bridgehead atoms. The second kappa shape index (κ2) is 18.2. The van der Waals surface area contributed by atoms with Gasteiger partial charge < -0.3 is 29.6 Å². The monoisotopic (exact) mass is 336 g/mol. The van der Waals surface area contributed by atoms with Gasteiger partial charge in [0.05, 0.1) is 0 Å². The predicted molar refractivity (Wildman–Crippen MR) is 88.5 cm³/mol. The summed E-state index contributed by atoms with van der Waals surface area (Å²) in [6.45, 7) is 8.05. The van der Waals surface area contributed by atoms with E-state index in [1.165, 1.54) is 7.11 Å². The van der Waals surface area contributed by atoms with Crippen LogP contribution in [0.25, 0.3) is 0 Å². The number of Topliss-reactive ketones (excluding diaryl/α,β-unsaturated/α-hetero) is 1. The van der Waals surface area contributed by atoms with E-state index in [0.717, 1.165) is 0 Å². The van der Waals surface area contributed by atoms with Crippen molar-refractivity contribution in [1.29, 1.82) is 0 Å². The Labute approximate surface area is 139 Å². The van der Waals surface area contributed by atoms with Gasteiger partial charge in [-0.2, -0.15) is 0 Å². The highest BCUT2D eigenvalue weighted by molar-refractivity contribution is 5.74. The van der Waals surface area contributed by atoms with Crippen molar-refractivity contribution in [3.05, 3.63) is 0 Å². The van der Waals surface area contributed by atoms with Gasteiger partial charge in [-0.15, -0.1) is 0 Å². The van der Waals surface area contributed by atoms with E-state index >= 15 is 0 Å². The van der Waals surface area contributed by atoms with Crippen LogP contribution in [0, 0.1) is 0 Å². The Kier molecular flexibility index (Phi) is 20.7. The van der Waals surface area contributed by atoms with E-state index in [9.17, 15) is 14.4 Å². The molecule has 0 aliphatic carbocycles. The van der Waals surface area contributed by atoms with E-state index in [1.807, 2.05) is 6.92 Å². The normalized spacial score (nSPS) is 8.96. The third-order valence-corrected chi connectivity index (χ3v) is 2.27. The molecule has 0 aromatic heterocycles. The lowest BCUT2D eigenvalue weighted by atomic mass is 10.4. The summed E-state index contributed by atoms with van der Waals surface area (Å²) in [5.74, 6) is 0.255. The van der Waals surface area contributed by atoms with E-state index in [-0.39, 0.29) is 26.4 Å². The zero-order chi connectivity index (χ0) is 17.4. The van der Waals surface area contributed by atoms with Crippen LogP contribution in [0.1, 0.15) is 41.5 Å². The number of nitrogens with one attached hydrogen (secondary N) is 2. The van der Waals surface area contributed by atoms with Crippen LogP contribution in [-0.2, 0) is 19.0 Å². The van der Waals surface area contributed by atoms with Crippen LogP contribution >= 0.6 is 0 Å². The molecule has 0 aliphatic heterocycles. The molecule has 0 unspecified atom stereocenters. The zero-order valence-corrected chi connectivity index (χ0v) is 14.1. The number of amides is 2. The molecule has 0 spiro atoms. The first-order chi connectivity index (χ1) is 10.4. The van der Waals surface area contributed by atoms with E-state index < -0.39 is 18.3 Å². The van der Waals surface area contributed by atoms with Crippen LogP contribution in [0.15, 0.2) is 0 Å². The second-order valence-corrected chi connectivity index (χ2v) is 4.17. The molecule has 23 heavy (non-hydrogen) atoms. The predicted octanol–water partition coefficient (Wildman–Crippen LogP) is 2.12. The number of carbonyl (C=O) groups excluding carboxylic acids is 3. The minimum atomic E-state index is -0.521. The molecule has 2 N–H and O–H groups in total. The lowest BCUT2D eigenvalue weighted by Crippen LogP contribution is -2.33. The number of ether oxygens (including phenoxy) is 3. The molecule has 0 saturated carbocycles. The molecule has 0 radical (unpaired) electrons. The molecule has 8 heteroatoms. The van der Waals surface area contributed by atoms with Crippen LogP contribution < -0.4 is 10.6 Å². The molecule has 138 valence electrons. The van der Waals surface area contributed by atoms with Gasteiger partial charge >= 0.3 is 12.2 Å². The first-order valence-electron chi connectivity index (χ1n) is 7.24.